The van der Waals surface area contributed by atoms with Crippen molar-refractivity contribution in [1.82, 2.24) is 9.88 Å². The maximum Gasteiger partial charge on any atom is 0.228 e. The monoisotopic (exact) mass is 294 g/mol. The molecule has 0 aliphatic rings. The Morgan fingerprint density at radius 3 is 2.95 bits per heavy atom. The second kappa shape index (κ2) is 6.67. The highest BCUT2D eigenvalue weighted by Crippen LogP contribution is 2.24. The Bertz CT molecular complexity index is 549. The normalized spacial score (nSPS) is 11.0. The number of aromatic nitrogens is 1. The fraction of sp³-hybridized carbons (Fsp3) is 0.429. The van der Waals surface area contributed by atoms with E-state index >= 15 is 0 Å². The largest absolute Gasteiger partial charge is 0.462 e. The molecule has 0 aliphatic carbocycles. The van der Waals surface area contributed by atoms with Gasteiger partial charge in [0.2, 0.25) is 5.91 Å². The van der Waals surface area contributed by atoms with Gasteiger partial charge in [-0.05, 0) is 26.0 Å². The van der Waals surface area contributed by atoms with E-state index in [2.05, 4.69) is 4.98 Å². The minimum atomic E-state index is -0.0291. The number of aliphatic hydroxyl groups is 1. The number of aliphatic hydroxyl groups excluding tert-OH is 1. The molecule has 6 heteroatoms. The lowest BCUT2D eigenvalue weighted by Gasteiger charge is -2.25. The smallest absolute Gasteiger partial charge is 0.228 e. The van der Waals surface area contributed by atoms with Crippen LogP contribution in [0.2, 0.25) is 0 Å². The summed E-state index contributed by atoms with van der Waals surface area (Å²) in [4.78, 5) is 18.3. The standard InChI is InChI=1S/C14H18N2O3S/c1-10(2)16(5-6-17)13(18)8-11-9-20-14(15-11)12-4-3-7-19-12/h3-4,7,9-10,17H,5-6,8H2,1-2H3. The first kappa shape index (κ1) is 14.7. The van der Waals surface area contributed by atoms with Crippen LogP contribution in [-0.4, -0.2) is 40.1 Å². The minimum absolute atomic E-state index is 0.0228. The highest BCUT2D eigenvalue weighted by atomic mass is 32.1. The van der Waals surface area contributed by atoms with Gasteiger partial charge in [0, 0.05) is 18.0 Å². The van der Waals surface area contributed by atoms with E-state index in [4.69, 9.17) is 9.52 Å². The van der Waals surface area contributed by atoms with Crippen molar-refractivity contribution in [2.75, 3.05) is 13.2 Å². The van der Waals surface area contributed by atoms with Gasteiger partial charge in [0.15, 0.2) is 10.8 Å². The predicted octanol–water partition coefficient (Wildman–Crippen LogP) is 2.17. The molecule has 2 rings (SSSR count). The molecule has 0 spiro atoms. The third-order valence-corrected chi connectivity index (χ3v) is 3.81. The van der Waals surface area contributed by atoms with Crippen LogP contribution >= 0.6 is 11.3 Å². The summed E-state index contributed by atoms with van der Waals surface area (Å²) in [5.41, 5.74) is 0.731. The molecule has 0 bridgehead atoms. The zero-order valence-corrected chi connectivity index (χ0v) is 12.4. The van der Waals surface area contributed by atoms with Crippen LogP contribution in [0.25, 0.3) is 10.8 Å². The van der Waals surface area contributed by atoms with Gasteiger partial charge in [-0.25, -0.2) is 4.98 Å². The molecule has 2 aromatic rings. The lowest BCUT2D eigenvalue weighted by atomic mass is 10.2. The van der Waals surface area contributed by atoms with Crippen LogP contribution < -0.4 is 0 Å². The quantitative estimate of drug-likeness (QED) is 0.886. The lowest BCUT2D eigenvalue weighted by Crippen LogP contribution is -2.39. The van der Waals surface area contributed by atoms with Gasteiger partial charge in [-0.2, -0.15) is 0 Å². The molecule has 0 atom stereocenters. The van der Waals surface area contributed by atoms with E-state index in [9.17, 15) is 4.79 Å². The molecule has 1 N–H and O–H groups in total. The van der Waals surface area contributed by atoms with E-state index in [0.717, 1.165) is 10.7 Å². The van der Waals surface area contributed by atoms with Crippen LogP contribution in [0.1, 0.15) is 19.5 Å². The van der Waals surface area contributed by atoms with Gasteiger partial charge in [0.1, 0.15) is 0 Å². The topological polar surface area (TPSA) is 66.6 Å². The van der Waals surface area contributed by atoms with Crippen LogP contribution in [0.4, 0.5) is 0 Å². The molecule has 2 aromatic heterocycles. The summed E-state index contributed by atoms with van der Waals surface area (Å²) in [5.74, 6) is 0.690. The molecule has 108 valence electrons. The first-order chi connectivity index (χ1) is 9.61. The summed E-state index contributed by atoms with van der Waals surface area (Å²) in [7, 11) is 0. The Morgan fingerprint density at radius 2 is 2.35 bits per heavy atom. The van der Waals surface area contributed by atoms with Crippen molar-refractivity contribution < 1.29 is 14.3 Å². The molecule has 1 amide bonds. The summed E-state index contributed by atoms with van der Waals surface area (Å²) in [6.07, 6.45) is 1.85. The average molecular weight is 294 g/mol. The van der Waals surface area contributed by atoms with E-state index in [0.29, 0.717) is 12.3 Å². The van der Waals surface area contributed by atoms with Gasteiger partial charge < -0.3 is 14.4 Å². The Morgan fingerprint density at radius 1 is 1.55 bits per heavy atom. The number of nitrogens with zero attached hydrogens (tertiary/aromatic N) is 2. The molecule has 20 heavy (non-hydrogen) atoms. The van der Waals surface area contributed by atoms with Gasteiger partial charge in [-0.15, -0.1) is 11.3 Å². The highest BCUT2D eigenvalue weighted by molar-refractivity contribution is 7.13. The zero-order valence-electron chi connectivity index (χ0n) is 11.6. The van der Waals surface area contributed by atoms with E-state index in [-0.39, 0.29) is 25.0 Å². The molecule has 5 nitrogen and oxygen atoms in total. The van der Waals surface area contributed by atoms with Gasteiger partial charge in [0.05, 0.1) is 25.0 Å². The van der Waals surface area contributed by atoms with Crippen molar-refractivity contribution >= 4 is 17.2 Å². The average Bonchev–Trinajstić information content (AvgIpc) is 3.05. The number of hydrogen-bond donors (Lipinski definition) is 1. The number of carbonyl (C=O) groups is 1. The molecule has 0 aromatic carbocycles. The summed E-state index contributed by atoms with van der Waals surface area (Å²) < 4.78 is 5.28. The molecular formula is C14H18N2O3S. The third kappa shape index (κ3) is 3.46. The summed E-state index contributed by atoms with van der Waals surface area (Å²) in [5, 5.41) is 11.7. The lowest BCUT2D eigenvalue weighted by molar-refractivity contribution is -0.132. The minimum Gasteiger partial charge on any atom is -0.462 e. The van der Waals surface area contributed by atoms with Crippen LogP contribution in [0.5, 0.6) is 0 Å². The number of hydrogen-bond acceptors (Lipinski definition) is 5. The number of carbonyl (C=O) groups excluding carboxylic acids is 1. The number of furan rings is 1. The fourth-order valence-corrected chi connectivity index (χ4v) is 2.72. The maximum atomic E-state index is 12.2. The van der Waals surface area contributed by atoms with Crippen LogP contribution in [0.15, 0.2) is 28.2 Å². The van der Waals surface area contributed by atoms with Gasteiger partial charge in [-0.3, -0.25) is 4.79 Å². The van der Waals surface area contributed by atoms with E-state index in [1.165, 1.54) is 11.3 Å². The molecular weight excluding hydrogens is 276 g/mol. The van der Waals surface area contributed by atoms with Crippen molar-refractivity contribution in [3.8, 4) is 10.8 Å². The van der Waals surface area contributed by atoms with Crippen molar-refractivity contribution in [2.24, 2.45) is 0 Å². The second-order valence-corrected chi connectivity index (χ2v) is 5.56. The Balaban J connectivity index is 2.04. The summed E-state index contributed by atoms with van der Waals surface area (Å²) >= 11 is 1.46. The van der Waals surface area contributed by atoms with E-state index < -0.39 is 0 Å². The third-order valence-electron chi connectivity index (χ3n) is 2.90. The van der Waals surface area contributed by atoms with Gasteiger partial charge in [0.25, 0.3) is 0 Å². The van der Waals surface area contributed by atoms with Crippen molar-refractivity contribution in [1.29, 1.82) is 0 Å². The van der Waals surface area contributed by atoms with E-state index in [1.54, 1.807) is 11.2 Å². The number of amides is 1. The highest BCUT2D eigenvalue weighted by Gasteiger charge is 2.18. The van der Waals surface area contributed by atoms with E-state index in [1.807, 2.05) is 31.4 Å². The Hall–Kier alpha value is -1.66. The molecule has 0 aliphatic heterocycles. The van der Waals surface area contributed by atoms with Gasteiger partial charge in [-0.1, -0.05) is 0 Å². The first-order valence-electron chi connectivity index (χ1n) is 6.50. The SMILES string of the molecule is CC(C)N(CCO)C(=O)Cc1csc(-c2ccco2)n1. The molecule has 0 fully saturated rings. The van der Waals surface area contributed by atoms with Crippen molar-refractivity contribution in [3.63, 3.8) is 0 Å². The van der Waals surface area contributed by atoms with Crippen molar-refractivity contribution in [2.45, 2.75) is 26.3 Å². The molecule has 0 saturated carbocycles. The summed E-state index contributed by atoms with van der Waals surface area (Å²) in [6, 6.07) is 3.72. The fourth-order valence-electron chi connectivity index (χ4n) is 1.94. The molecule has 0 saturated heterocycles. The first-order valence-corrected chi connectivity index (χ1v) is 7.38. The Kier molecular flexibility index (Phi) is 4.92. The molecule has 0 unspecified atom stereocenters. The molecule has 2 heterocycles. The van der Waals surface area contributed by atoms with Crippen molar-refractivity contribution in [3.05, 3.63) is 29.5 Å². The number of thiazole rings is 1. The predicted molar refractivity (Wildman–Crippen MR) is 77.5 cm³/mol. The van der Waals surface area contributed by atoms with Gasteiger partial charge >= 0.3 is 0 Å². The van der Waals surface area contributed by atoms with Crippen LogP contribution in [0, 0.1) is 0 Å². The summed E-state index contributed by atoms with van der Waals surface area (Å²) in [6.45, 7) is 4.19. The molecule has 0 radical (unpaired) electrons. The van der Waals surface area contributed by atoms with Crippen LogP contribution in [0.3, 0.4) is 0 Å². The second-order valence-electron chi connectivity index (χ2n) is 4.70. The van der Waals surface area contributed by atoms with Crippen LogP contribution in [-0.2, 0) is 11.2 Å². The zero-order chi connectivity index (χ0) is 14.5. The Labute approximate surface area is 121 Å². The maximum absolute atomic E-state index is 12.2. The number of rotatable bonds is 6.